The van der Waals surface area contributed by atoms with E-state index in [9.17, 15) is 9.18 Å². The summed E-state index contributed by atoms with van der Waals surface area (Å²) in [5.74, 6) is 1.25. The van der Waals surface area contributed by atoms with Crippen LogP contribution in [0.5, 0.6) is 5.75 Å². The van der Waals surface area contributed by atoms with Crippen LogP contribution >= 0.6 is 0 Å². The fourth-order valence-electron chi connectivity index (χ4n) is 3.70. The van der Waals surface area contributed by atoms with Gasteiger partial charge in [0.2, 0.25) is 0 Å². The Kier molecular flexibility index (Phi) is 3.98. The maximum absolute atomic E-state index is 13.9. The Morgan fingerprint density at radius 2 is 2.12 bits per heavy atom. The lowest BCUT2D eigenvalue weighted by Crippen LogP contribution is -2.29. The number of hydrogen-bond acceptors (Lipinski definition) is 3. The summed E-state index contributed by atoms with van der Waals surface area (Å²) in [7, 11) is 1.41. The summed E-state index contributed by atoms with van der Waals surface area (Å²) >= 11 is 0. The Hall–Kier alpha value is -2.37. The number of nitrogens with zero attached hydrogens (tertiary/aromatic N) is 3. The molecule has 132 valence electrons. The third-order valence-corrected chi connectivity index (χ3v) is 5.17. The summed E-state index contributed by atoms with van der Waals surface area (Å²) in [5.41, 5.74) is 1.51. The van der Waals surface area contributed by atoms with E-state index in [1.54, 1.807) is 6.07 Å². The number of amides is 1. The van der Waals surface area contributed by atoms with Gasteiger partial charge in [0.25, 0.3) is 5.91 Å². The average molecular weight is 343 g/mol. The molecule has 1 aliphatic heterocycles. The van der Waals surface area contributed by atoms with E-state index >= 15 is 0 Å². The molecule has 2 aliphatic rings. The van der Waals surface area contributed by atoms with Gasteiger partial charge in [-0.1, -0.05) is 0 Å². The highest BCUT2D eigenvalue weighted by Gasteiger charge is 2.34. The molecule has 6 heteroatoms. The number of methoxy groups -OCH3 is 1. The molecule has 1 saturated heterocycles. The fraction of sp³-hybridized carbons (Fsp3) is 0.474. The number of rotatable bonds is 4. The molecule has 0 spiro atoms. The number of carbonyl (C=O) groups is 1. The molecule has 0 bridgehead atoms. The number of halogens is 1. The molecule has 1 atom stereocenters. The molecular formula is C19H22FN3O2. The number of imidazole rings is 1. The normalized spacial score (nSPS) is 20.1. The van der Waals surface area contributed by atoms with Crippen molar-refractivity contribution in [3.63, 3.8) is 0 Å². The number of carbonyl (C=O) groups excluding carboxylic acids is 1. The Labute approximate surface area is 146 Å². The van der Waals surface area contributed by atoms with Gasteiger partial charge in [-0.05, 0) is 44.4 Å². The van der Waals surface area contributed by atoms with E-state index in [4.69, 9.17) is 4.74 Å². The molecule has 2 fully saturated rings. The van der Waals surface area contributed by atoms with Gasteiger partial charge in [0.05, 0.1) is 13.2 Å². The van der Waals surface area contributed by atoms with Gasteiger partial charge in [0.1, 0.15) is 5.82 Å². The smallest absolute Gasteiger partial charge is 0.254 e. The van der Waals surface area contributed by atoms with Gasteiger partial charge in [-0.15, -0.1) is 0 Å². The van der Waals surface area contributed by atoms with Crippen LogP contribution < -0.4 is 4.74 Å². The van der Waals surface area contributed by atoms with Crippen molar-refractivity contribution in [3.8, 4) is 5.75 Å². The Bertz CT molecular complexity index is 813. The highest BCUT2D eigenvalue weighted by Crippen LogP contribution is 2.41. The van der Waals surface area contributed by atoms with Crippen LogP contribution in [0, 0.1) is 12.7 Å². The molecule has 2 heterocycles. The van der Waals surface area contributed by atoms with E-state index in [0.717, 1.165) is 17.9 Å². The first-order chi connectivity index (χ1) is 12.1. The number of hydrogen-bond donors (Lipinski definition) is 0. The third-order valence-electron chi connectivity index (χ3n) is 5.17. The van der Waals surface area contributed by atoms with Gasteiger partial charge in [-0.25, -0.2) is 9.37 Å². The summed E-state index contributed by atoms with van der Waals surface area (Å²) < 4.78 is 21.1. The summed E-state index contributed by atoms with van der Waals surface area (Å²) in [4.78, 5) is 19.1. The number of benzene rings is 1. The van der Waals surface area contributed by atoms with Crippen LogP contribution in [0.15, 0.2) is 24.4 Å². The first-order valence-electron chi connectivity index (χ1n) is 8.75. The maximum Gasteiger partial charge on any atom is 0.254 e. The van der Waals surface area contributed by atoms with E-state index in [1.165, 1.54) is 32.1 Å². The van der Waals surface area contributed by atoms with E-state index in [-0.39, 0.29) is 17.7 Å². The molecule has 25 heavy (non-hydrogen) atoms. The summed E-state index contributed by atoms with van der Waals surface area (Å²) in [6.45, 7) is 3.39. The monoisotopic (exact) mass is 343 g/mol. The van der Waals surface area contributed by atoms with Gasteiger partial charge in [-0.2, -0.15) is 0 Å². The number of aromatic nitrogens is 2. The van der Waals surface area contributed by atoms with Gasteiger partial charge >= 0.3 is 0 Å². The minimum Gasteiger partial charge on any atom is -0.494 e. The van der Waals surface area contributed by atoms with Crippen molar-refractivity contribution in [1.29, 1.82) is 0 Å². The van der Waals surface area contributed by atoms with Crippen molar-refractivity contribution >= 4 is 5.91 Å². The van der Waals surface area contributed by atoms with Crippen LogP contribution in [-0.4, -0.2) is 40.6 Å². The van der Waals surface area contributed by atoms with Crippen molar-refractivity contribution in [1.82, 2.24) is 14.5 Å². The quantitative estimate of drug-likeness (QED) is 0.856. The molecule has 1 aromatic heterocycles. The molecule has 1 saturated carbocycles. The summed E-state index contributed by atoms with van der Waals surface area (Å²) in [6.07, 6.45) is 5.24. The summed E-state index contributed by atoms with van der Waals surface area (Å²) in [6, 6.07) is 4.63. The van der Waals surface area contributed by atoms with Gasteiger partial charge in [0.15, 0.2) is 11.6 Å². The second-order valence-electron chi connectivity index (χ2n) is 6.95. The predicted molar refractivity (Wildman–Crippen MR) is 91.4 cm³/mol. The summed E-state index contributed by atoms with van der Waals surface area (Å²) in [5, 5.41) is 0. The second kappa shape index (κ2) is 6.17. The fourth-order valence-corrected chi connectivity index (χ4v) is 3.70. The SMILES string of the molecule is COc1ccc(C(=O)N2CCC(n3c(C)cnc3C3CC3)C2)cc1F. The van der Waals surface area contributed by atoms with Crippen LogP contribution in [-0.2, 0) is 0 Å². The number of likely N-dealkylation sites (tertiary alicyclic amines) is 1. The highest BCUT2D eigenvalue weighted by atomic mass is 19.1. The standard InChI is InChI=1S/C19H22FN3O2/c1-12-10-21-18(13-3-4-13)23(12)15-7-8-22(11-15)19(24)14-5-6-17(25-2)16(20)9-14/h5-6,9-10,13,15H,3-4,7-8,11H2,1-2H3. The second-order valence-corrected chi connectivity index (χ2v) is 6.95. The Morgan fingerprint density at radius 1 is 1.32 bits per heavy atom. The van der Waals surface area contributed by atoms with Crippen molar-refractivity contribution in [2.75, 3.05) is 20.2 Å². The van der Waals surface area contributed by atoms with Crippen LogP contribution in [0.4, 0.5) is 4.39 Å². The number of ether oxygens (including phenoxy) is 1. The highest BCUT2D eigenvalue weighted by molar-refractivity contribution is 5.94. The van der Waals surface area contributed by atoms with Crippen LogP contribution in [0.2, 0.25) is 0 Å². The lowest BCUT2D eigenvalue weighted by Gasteiger charge is -2.20. The topological polar surface area (TPSA) is 47.4 Å². The van der Waals surface area contributed by atoms with Gasteiger partial charge in [-0.3, -0.25) is 4.79 Å². The largest absolute Gasteiger partial charge is 0.494 e. The van der Waals surface area contributed by atoms with Crippen molar-refractivity contribution in [3.05, 3.63) is 47.3 Å². The molecule has 1 aromatic carbocycles. The zero-order valence-corrected chi connectivity index (χ0v) is 14.5. The third kappa shape index (κ3) is 2.90. The molecule has 1 unspecified atom stereocenters. The lowest BCUT2D eigenvalue weighted by atomic mass is 10.2. The van der Waals surface area contributed by atoms with E-state index < -0.39 is 5.82 Å². The van der Waals surface area contributed by atoms with E-state index in [1.807, 2.05) is 11.1 Å². The molecule has 5 nitrogen and oxygen atoms in total. The van der Waals surface area contributed by atoms with Gasteiger partial charge < -0.3 is 14.2 Å². The van der Waals surface area contributed by atoms with Crippen molar-refractivity contribution in [2.24, 2.45) is 0 Å². The first kappa shape index (κ1) is 16.1. The van der Waals surface area contributed by atoms with Crippen LogP contribution in [0.1, 0.15) is 53.1 Å². The molecular weight excluding hydrogens is 321 g/mol. The lowest BCUT2D eigenvalue weighted by molar-refractivity contribution is 0.0787. The Balaban J connectivity index is 1.52. The predicted octanol–water partition coefficient (Wildman–Crippen LogP) is 3.30. The zero-order valence-electron chi connectivity index (χ0n) is 14.5. The molecule has 0 radical (unpaired) electrons. The first-order valence-corrected chi connectivity index (χ1v) is 8.75. The zero-order chi connectivity index (χ0) is 17.6. The van der Waals surface area contributed by atoms with Gasteiger partial charge in [0, 0.05) is 36.5 Å². The van der Waals surface area contributed by atoms with Crippen LogP contribution in [0.3, 0.4) is 0 Å². The number of aryl methyl sites for hydroxylation is 1. The molecule has 4 rings (SSSR count). The average Bonchev–Trinajstić information content (AvgIpc) is 3.21. The minimum absolute atomic E-state index is 0.130. The molecule has 2 aromatic rings. The molecule has 0 N–H and O–H groups in total. The minimum atomic E-state index is -0.509. The maximum atomic E-state index is 13.9. The molecule has 1 aliphatic carbocycles. The van der Waals surface area contributed by atoms with Crippen molar-refractivity contribution < 1.29 is 13.9 Å². The molecule has 1 amide bonds. The van der Waals surface area contributed by atoms with E-state index in [2.05, 4.69) is 16.5 Å². The van der Waals surface area contributed by atoms with E-state index in [0.29, 0.717) is 24.6 Å². The van der Waals surface area contributed by atoms with Crippen molar-refractivity contribution in [2.45, 2.75) is 38.1 Å². The van der Waals surface area contributed by atoms with Crippen LogP contribution in [0.25, 0.3) is 0 Å². The Morgan fingerprint density at radius 3 is 2.80 bits per heavy atom.